The average Bonchev–Trinajstić information content (AvgIpc) is 2.89. The zero-order valence-corrected chi connectivity index (χ0v) is 16.1. The number of carbonyl (C=O) groups excluding carboxylic acids is 1. The molecule has 8 heteroatoms. The van der Waals surface area contributed by atoms with Crippen molar-refractivity contribution >= 4 is 27.3 Å². The van der Waals surface area contributed by atoms with E-state index in [0.29, 0.717) is 42.5 Å². The Morgan fingerprint density at radius 2 is 1.81 bits per heavy atom. The van der Waals surface area contributed by atoms with Gasteiger partial charge in [-0.15, -0.1) is 0 Å². The molecule has 1 heterocycles. The fourth-order valence-corrected chi connectivity index (χ4v) is 3.71. The molecule has 0 saturated heterocycles. The number of hydrogen-bond donors (Lipinski definition) is 2. The Morgan fingerprint density at radius 1 is 1.07 bits per heavy atom. The van der Waals surface area contributed by atoms with Gasteiger partial charge in [0, 0.05) is 24.6 Å². The molecule has 7 nitrogen and oxygen atoms in total. The molecule has 2 N–H and O–H groups in total. The number of ether oxygens (including phenoxy) is 2. The van der Waals surface area contributed by atoms with Crippen LogP contribution in [0.2, 0.25) is 0 Å². The molecule has 0 aliphatic carbocycles. The number of hydrogen-bond acceptors (Lipinski definition) is 5. The van der Waals surface area contributed by atoms with Crippen molar-refractivity contribution in [1.29, 1.82) is 0 Å². The van der Waals surface area contributed by atoms with Gasteiger partial charge in [-0.1, -0.05) is 13.0 Å². The summed E-state index contributed by atoms with van der Waals surface area (Å²) in [5.74, 6) is 0.804. The molecule has 0 saturated carbocycles. The van der Waals surface area contributed by atoms with Gasteiger partial charge in [-0.3, -0.25) is 9.52 Å². The predicted octanol–water partition coefficient (Wildman–Crippen LogP) is 3.31. The highest BCUT2D eigenvalue weighted by Crippen LogP contribution is 2.33. The molecule has 0 spiro atoms. The van der Waals surface area contributed by atoms with Gasteiger partial charge in [-0.2, -0.15) is 0 Å². The van der Waals surface area contributed by atoms with Crippen molar-refractivity contribution in [3.63, 3.8) is 0 Å². The summed E-state index contributed by atoms with van der Waals surface area (Å²) in [6, 6.07) is 9.61. The third-order valence-electron chi connectivity index (χ3n) is 4.12. The number of carbonyl (C=O) groups is 1. The highest BCUT2D eigenvalue weighted by atomic mass is 32.2. The molecule has 0 atom stereocenters. The number of fused-ring (bicyclic) bond motifs is 1. The zero-order valence-electron chi connectivity index (χ0n) is 15.2. The van der Waals surface area contributed by atoms with Crippen LogP contribution in [0.4, 0.5) is 11.4 Å². The van der Waals surface area contributed by atoms with Gasteiger partial charge in [0.05, 0.1) is 23.8 Å². The van der Waals surface area contributed by atoms with E-state index in [4.69, 9.17) is 9.47 Å². The van der Waals surface area contributed by atoms with Crippen molar-refractivity contribution < 1.29 is 22.7 Å². The van der Waals surface area contributed by atoms with Gasteiger partial charge in [0.1, 0.15) is 0 Å². The average molecular weight is 390 g/mol. The summed E-state index contributed by atoms with van der Waals surface area (Å²) in [4.78, 5) is 11.7. The first-order valence-electron chi connectivity index (χ1n) is 8.72. The normalized spacial score (nSPS) is 13.6. The van der Waals surface area contributed by atoms with E-state index in [1.165, 1.54) is 12.1 Å². The van der Waals surface area contributed by atoms with Crippen molar-refractivity contribution in [3.05, 3.63) is 42.0 Å². The van der Waals surface area contributed by atoms with Gasteiger partial charge in [0.15, 0.2) is 11.5 Å². The Hall–Kier alpha value is -2.74. The topological polar surface area (TPSA) is 93.7 Å². The number of aryl methyl sites for hydroxylation is 1. The quantitative estimate of drug-likeness (QED) is 0.817. The van der Waals surface area contributed by atoms with Gasteiger partial charge in [-0.05, 0) is 36.8 Å². The van der Waals surface area contributed by atoms with Gasteiger partial charge in [0.25, 0.3) is 10.0 Å². The molecule has 0 fully saturated rings. The molecule has 1 aliphatic heterocycles. The Kier molecular flexibility index (Phi) is 5.55. The number of amides is 1. The number of rotatable bonds is 5. The number of benzene rings is 2. The molecular formula is C19H22N2O5S. The summed E-state index contributed by atoms with van der Waals surface area (Å²) in [6.45, 7) is 4.55. The van der Waals surface area contributed by atoms with E-state index in [9.17, 15) is 13.2 Å². The lowest BCUT2D eigenvalue weighted by atomic mass is 10.2. The second-order valence-corrected chi connectivity index (χ2v) is 7.88. The maximum absolute atomic E-state index is 12.8. The van der Waals surface area contributed by atoms with Crippen LogP contribution in [-0.4, -0.2) is 27.5 Å². The standard InChI is InChI=1S/C19H22N2O5S/c1-3-19(22)20-14-6-5-13(2)16(11-14)21-27(23,24)15-7-8-17-18(12-15)26-10-4-9-25-17/h5-8,11-12,21H,3-4,9-10H2,1-2H3,(H,20,22). The van der Waals surface area contributed by atoms with Crippen molar-refractivity contribution in [2.24, 2.45) is 0 Å². The second kappa shape index (κ2) is 7.87. The maximum atomic E-state index is 12.8. The van der Waals surface area contributed by atoms with Crippen molar-refractivity contribution in [1.82, 2.24) is 0 Å². The van der Waals surface area contributed by atoms with Gasteiger partial charge in [-0.25, -0.2) is 8.42 Å². The van der Waals surface area contributed by atoms with Crippen molar-refractivity contribution in [3.8, 4) is 11.5 Å². The predicted molar refractivity (Wildman–Crippen MR) is 103 cm³/mol. The molecule has 0 radical (unpaired) electrons. The summed E-state index contributed by atoms with van der Waals surface area (Å²) in [6.07, 6.45) is 1.08. The second-order valence-electron chi connectivity index (χ2n) is 6.20. The van der Waals surface area contributed by atoms with E-state index in [1.807, 2.05) is 0 Å². The smallest absolute Gasteiger partial charge is 0.262 e. The minimum absolute atomic E-state index is 0.0779. The van der Waals surface area contributed by atoms with E-state index in [1.54, 1.807) is 38.1 Å². The van der Waals surface area contributed by atoms with E-state index in [2.05, 4.69) is 10.0 Å². The van der Waals surface area contributed by atoms with Crippen LogP contribution in [-0.2, 0) is 14.8 Å². The van der Waals surface area contributed by atoms with E-state index < -0.39 is 10.0 Å². The van der Waals surface area contributed by atoms with Crippen LogP contribution < -0.4 is 19.5 Å². The summed E-state index contributed by atoms with van der Waals surface area (Å²) < 4.78 is 39.3. The first-order chi connectivity index (χ1) is 12.9. The van der Waals surface area contributed by atoms with Gasteiger partial charge in [0.2, 0.25) is 5.91 Å². The lowest BCUT2D eigenvalue weighted by Crippen LogP contribution is -2.15. The molecule has 3 rings (SSSR count). The third kappa shape index (κ3) is 4.51. The third-order valence-corrected chi connectivity index (χ3v) is 5.48. The van der Waals surface area contributed by atoms with Crippen LogP contribution in [0.3, 0.4) is 0 Å². The zero-order chi connectivity index (χ0) is 19.4. The van der Waals surface area contributed by atoms with Crippen LogP contribution >= 0.6 is 0 Å². The van der Waals surface area contributed by atoms with E-state index >= 15 is 0 Å². The van der Waals surface area contributed by atoms with Crippen LogP contribution in [0.5, 0.6) is 11.5 Å². The Labute approximate surface area is 158 Å². The lowest BCUT2D eigenvalue weighted by Gasteiger charge is -2.14. The SMILES string of the molecule is CCC(=O)Nc1ccc(C)c(NS(=O)(=O)c2ccc3c(c2)OCCCO3)c1. The first kappa shape index (κ1) is 19.0. The largest absolute Gasteiger partial charge is 0.490 e. The first-order valence-corrected chi connectivity index (χ1v) is 10.2. The van der Waals surface area contributed by atoms with Crippen LogP contribution in [0.25, 0.3) is 0 Å². The van der Waals surface area contributed by atoms with Crippen molar-refractivity contribution in [2.45, 2.75) is 31.6 Å². The molecule has 144 valence electrons. The van der Waals surface area contributed by atoms with Gasteiger partial charge < -0.3 is 14.8 Å². The lowest BCUT2D eigenvalue weighted by molar-refractivity contribution is -0.115. The van der Waals surface area contributed by atoms with E-state index in [0.717, 1.165) is 12.0 Å². The summed E-state index contributed by atoms with van der Waals surface area (Å²) in [5, 5.41) is 2.72. The number of sulfonamides is 1. The molecule has 27 heavy (non-hydrogen) atoms. The maximum Gasteiger partial charge on any atom is 0.262 e. The Balaban J connectivity index is 1.87. The molecular weight excluding hydrogens is 368 g/mol. The molecule has 2 aromatic carbocycles. The summed E-state index contributed by atoms with van der Waals surface area (Å²) in [5.41, 5.74) is 1.67. The minimum atomic E-state index is -3.83. The van der Waals surface area contributed by atoms with E-state index in [-0.39, 0.29) is 10.8 Å². The number of anilines is 2. The Morgan fingerprint density at radius 3 is 2.56 bits per heavy atom. The molecule has 1 aliphatic rings. The van der Waals surface area contributed by atoms with Crippen LogP contribution in [0, 0.1) is 6.92 Å². The van der Waals surface area contributed by atoms with Crippen LogP contribution in [0.1, 0.15) is 25.3 Å². The molecule has 0 unspecified atom stereocenters. The summed E-state index contributed by atoms with van der Waals surface area (Å²) >= 11 is 0. The minimum Gasteiger partial charge on any atom is -0.490 e. The fraction of sp³-hybridized carbons (Fsp3) is 0.316. The van der Waals surface area contributed by atoms with Crippen molar-refractivity contribution in [2.75, 3.05) is 23.3 Å². The molecule has 0 bridgehead atoms. The monoisotopic (exact) mass is 390 g/mol. The molecule has 0 aromatic heterocycles. The number of nitrogens with one attached hydrogen (secondary N) is 2. The Bertz CT molecular complexity index is 957. The molecule has 2 aromatic rings. The van der Waals surface area contributed by atoms with Gasteiger partial charge >= 0.3 is 0 Å². The highest BCUT2D eigenvalue weighted by Gasteiger charge is 2.20. The van der Waals surface area contributed by atoms with Crippen LogP contribution in [0.15, 0.2) is 41.3 Å². The molecule has 1 amide bonds. The highest BCUT2D eigenvalue weighted by molar-refractivity contribution is 7.92. The summed E-state index contributed by atoms with van der Waals surface area (Å²) in [7, 11) is -3.83. The fourth-order valence-electron chi connectivity index (χ4n) is 2.57.